The maximum atomic E-state index is 13.5. The molecule has 1 N–H and O–H groups in total. The standard InChI is InChI=1S/C29H45F4NO3/c1-4-5-6-7-8-9-10-11-12-13-14-15-16-17-20-37-28(36)26(22(2)3)34-27(35)24-21-23(30)18-19-25(24)29(31,32)33/h18-19,21-22,26H,4-17,20H2,1-3H3,(H,34,35). The third kappa shape index (κ3) is 13.8. The van der Waals surface area contributed by atoms with Gasteiger partial charge in [-0.3, -0.25) is 4.79 Å². The van der Waals surface area contributed by atoms with Crippen LogP contribution < -0.4 is 5.32 Å². The summed E-state index contributed by atoms with van der Waals surface area (Å²) in [5.41, 5.74) is -2.12. The highest BCUT2D eigenvalue weighted by molar-refractivity contribution is 5.98. The molecule has 1 atom stereocenters. The number of ether oxygens (including phenoxy) is 1. The zero-order valence-corrected chi connectivity index (χ0v) is 22.7. The number of nitrogens with one attached hydrogen (secondary N) is 1. The molecule has 1 amide bonds. The van der Waals surface area contributed by atoms with Gasteiger partial charge in [-0.15, -0.1) is 0 Å². The fraction of sp³-hybridized carbons (Fsp3) is 0.724. The lowest BCUT2D eigenvalue weighted by Gasteiger charge is -2.22. The molecule has 0 saturated heterocycles. The first-order valence-corrected chi connectivity index (χ1v) is 13.9. The van der Waals surface area contributed by atoms with Crippen LogP contribution in [0.15, 0.2) is 18.2 Å². The molecule has 0 bridgehead atoms. The minimum atomic E-state index is -4.83. The van der Waals surface area contributed by atoms with Crippen molar-refractivity contribution in [2.45, 2.75) is 123 Å². The van der Waals surface area contributed by atoms with Crippen LogP contribution >= 0.6 is 0 Å². The molecule has 212 valence electrons. The lowest BCUT2D eigenvalue weighted by molar-refractivity contribution is -0.147. The highest BCUT2D eigenvalue weighted by Gasteiger charge is 2.36. The van der Waals surface area contributed by atoms with Crippen molar-refractivity contribution in [2.75, 3.05) is 6.61 Å². The Morgan fingerprint density at radius 1 is 0.838 bits per heavy atom. The number of benzene rings is 1. The van der Waals surface area contributed by atoms with Crippen LogP contribution in [-0.4, -0.2) is 24.5 Å². The molecule has 0 heterocycles. The number of carbonyl (C=O) groups is 2. The van der Waals surface area contributed by atoms with E-state index in [-0.39, 0.29) is 6.61 Å². The number of esters is 1. The minimum absolute atomic E-state index is 0.184. The van der Waals surface area contributed by atoms with Gasteiger partial charge >= 0.3 is 12.1 Å². The van der Waals surface area contributed by atoms with Crippen molar-refractivity contribution in [3.8, 4) is 0 Å². The SMILES string of the molecule is CCCCCCCCCCCCCCCCOC(=O)C(NC(=O)c1cc(F)ccc1C(F)(F)F)C(C)C. The summed E-state index contributed by atoms with van der Waals surface area (Å²) in [6, 6.07) is 0.547. The zero-order valence-electron chi connectivity index (χ0n) is 22.7. The van der Waals surface area contributed by atoms with E-state index in [2.05, 4.69) is 12.2 Å². The number of carbonyl (C=O) groups excluding carboxylic acids is 2. The van der Waals surface area contributed by atoms with Crippen LogP contribution in [0, 0.1) is 11.7 Å². The number of hydrogen-bond acceptors (Lipinski definition) is 3. The third-order valence-corrected chi connectivity index (χ3v) is 6.48. The molecule has 0 saturated carbocycles. The van der Waals surface area contributed by atoms with E-state index in [9.17, 15) is 27.2 Å². The molecular formula is C29H45F4NO3. The molecule has 0 radical (unpaired) electrons. The van der Waals surface area contributed by atoms with E-state index in [0.717, 1.165) is 19.3 Å². The number of alkyl halides is 3. The number of halogens is 4. The molecule has 0 aliphatic rings. The van der Waals surface area contributed by atoms with Crippen LogP contribution in [0.1, 0.15) is 127 Å². The van der Waals surface area contributed by atoms with Crippen molar-refractivity contribution < 1.29 is 31.9 Å². The van der Waals surface area contributed by atoms with Crippen molar-refractivity contribution >= 4 is 11.9 Å². The molecular weight excluding hydrogens is 486 g/mol. The molecule has 0 spiro atoms. The second-order valence-corrected chi connectivity index (χ2v) is 10.1. The van der Waals surface area contributed by atoms with Gasteiger partial charge < -0.3 is 10.1 Å². The van der Waals surface area contributed by atoms with E-state index < -0.39 is 47.0 Å². The Hall–Kier alpha value is -2.12. The average Bonchev–Trinajstić information content (AvgIpc) is 2.83. The monoisotopic (exact) mass is 531 g/mol. The zero-order chi connectivity index (χ0) is 27.7. The van der Waals surface area contributed by atoms with Gasteiger partial charge in [0.2, 0.25) is 0 Å². The summed E-state index contributed by atoms with van der Waals surface area (Å²) in [5, 5.41) is 2.29. The van der Waals surface area contributed by atoms with Crippen molar-refractivity contribution in [3.05, 3.63) is 35.1 Å². The van der Waals surface area contributed by atoms with Gasteiger partial charge in [0.25, 0.3) is 5.91 Å². The molecule has 1 rings (SSSR count). The molecule has 1 aromatic rings. The highest BCUT2D eigenvalue weighted by atomic mass is 19.4. The Labute approximate surface area is 219 Å². The third-order valence-electron chi connectivity index (χ3n) is 6.48. The van der Waals surface area contributed by atoms with E-state index in [1.807, 2.05) is 0 Å². The lowest BCUT2D eigenvalue weighted by Crippen LogP contribution is -2.45. The molecule has 4 nitrogen and oxygen atoms in total. The van der Waals surface area contributed by atoms with Gasteiger partial charge in [0.15, 0.2) is 0 Å². The fourth-order valence-corrected chi connectivity index (χ4v) is 4.23. The molecule has 0 aromatic heterocycles. The maximum Gasteiger partial charge on any atom is 0.417 e. The van der Waals surface area contributed by atoms with Crippen LogP contribution in [-0.2, 0) is 15.7 Å². The number of amides is 1. The topological polar surface area (TPSA) is 55.4 Å². The fourth-order valence-electron chi connectivity index (χ4n) is 4.23. The van der Waals surface area contributed by atoms with Crippen molar-refractivity contribution in [3.63, 3.8) is 0 Å². The van der Waals surface area contributed by atoms with Crippen LogP contribution in [0.25, 0.3) is 0 Å². The summed E-state index contributed by atoms with van der Waals surface area (Å²) in [4.78, 5) is 25.0. The quantitative estimate of drug-likeness (QED) is 0.110. The summed E-state index contributed by atoms with van der Waals surface area (Å²) >= 11 is 0. The summed E-state index contributed by atoms with van der Waals surface area (Å²) in [5.74, 6) is -3.27. The summed E-state index contributed by atoms with van der Waals surface area (Å²) in [6.07, 6.45) is 12.0. The van der Waals surface area contributed by atoms with E-state index >= 15 is 0 Å². The predicted octanol–water partition coefficient (Wildman–Crippen LogP) is 8.62. The highest BCUT2D eigenvalue weighted by Crippen LogP contribution is 2.32. The maximum absolute atomic E-state index is 13.5. The summed E-state index contributed by atoms with van der Waals surface area (Å²) in [7, 11) is 0. The predicted molar refractivity (Wildman–Crippen MR) is 139 cm³/mol. The first-order valence-electron chi connectivity index (χ1n) is 13.9. The molecule has 0 aliphatic carbocycles. The van der Waals surface area contributed by atoms with Gasteiger partial charge in [-0.2, -0.15) is 13.2 Å². The van der Waals surface area contributed by atoms with E-state index in [4.69, 9.17) is 4.74 Å². The molecule has 1 unspecified atom stereocenters. The van der Waals surface area contributed by atoms with Crippen molar-refractivity contribution in [1.29, 1.82) is 0 Å². The van der Waals surface area contributed by atoms with Gasteiger partial charge in [0.1, 0.15) is 11.9 Å². The molecule has 0 fully saturated rings. The lowest BCUT2D eigenvalue weighted by atomic mass is 10.0. The molecule has 0 aliphatic heterocycles. The second-order valence-electron chi connectivity index (χ2n) is 10.1. The van der Waals surface area contributed by atoms with Crippen LogP contribution in [0.2, 0.25) is 0 Å². The molecule has 37 heavy (non-hydrogen) atoms. The number of unbranched alkanes of at least 4 members (excludes halogenated alkanes) is 13. The van der Waals surface area contributed by atoms with Crippen molar-refractivity contribution in [1.82, 2.24) is 5.32 Å². The average molecular weight is 532 g/mol. The van der Waals surface area contributed by atoms with Crippen LogP contribution in [0.3, 0.4) is 0 Å². The van der Waals surface area contributed by atoms with Gasteiger partial charge in [-0.05, 0) is 30.5 Å². The summed E-state index contributed by atoms with van der Waals surface area (Å²) < 4.78 is 58.5. The normalized spacial score (nSPS) is 12.5. The Morgan fingerprint density at radius 2 is 1.32 bits per heavy atom. The van der Waals surface area contributed by atoms with Gasteiger partial charge in [0, 0.05) is 0 Å². The Morgan fingerprint density at radius 3 is 1.78 bits per heavy atom. The van der Waals surface area contributed by atoms with E-state index in [1.54, 1.807) is 13.8 Å². The van der Waals surface area contributed by atoms with Crippen molar-refractivity contribution in [2.24, 2.45) is 5.92 Å². The Balaban J connectivity index is 2.29. The number of rotatable bonds is 19. The molecule has 1 aromatic carbocycles. The first-order chi connectivity index (χ1) is 17.6. The Kier molecular flexibility index (Phi) is 16.2. The van der Waals surface area contributed by atoms with Crippen LogP contribution in [0.5, 0.6) is 0 Å². The molecule has 8 heteroatoms. The van der Waals surface area contributed by atoms with Gasteiger partial charge in [-0.1, -0.05) is 104 Å². The summed E-state index contributed by atoms with van der Waals surface area (Å²) in [6.45, 7) is 5.71. The smallest absolute Gasteiger partial charge is 0.417 e. The van der Waals surface area contributed by atoms with Gasteiger partial charge in [0.05, 0.1) is 17.7 Å². The van der Waals surface area contributed by atoms with E-state index in [1.165, 1.54) is 64.2 Å². The Bertz CT molecular complexity index is 796. The second kappa shape index (κ2) is 18.2. The van der Waals surface area contributed by atoms with Crippen LogP contribution in [0.4, 0.5) is 17.6 Å². The minimum Gasteiger partial charge on any atom is -0.464 e. The number of hydrogen-bond donors (Lipinski definition) is 1. The van der Waals surface area contributed by atoms with E-state index in [0.29, 0.717) is 24.6 Å². The first kappa shape index (κ1) is 32.9. The largest absolute Gasteiger partial charge is 0.464 e. The van der Waals surface area contributed by atoms with Gasteiger partial charge in [-0.25, -0.2) is 9.18 Å².